The monoisotopic (exact) mass is 424 g/mol. The van der Waals surface area contributed by atoms with E-state index in [-0.39, 0.29) is 17.7 Å². The molecule has 0 aliphatic heterocycles. The molecule has 156 valence electrons. The molecule has 1 fully saturated rings. The van der Waals surface area contributed by atoms with Crippen molar-refractivity contribution in [2.75, 3.05) is 13.1 Å². The maximum atomic E-state index is 12.8. The van der Waals surface area contributed by atoms with Crippen LogP contribution in [0.25, 0.3) is 11.0 Å². The summed E-state index contributed by atoms with van der Waals surface area (Å²) in [5, 5.41) is 7.32. The van der Waals surface area contributed by atoms with Gasteiger partial charge in [0.1, 0.15) is 5.58 Å². The average Bonchev–Trinajstić information content (AvgIpc) is 3.44. The number of benzene rings is 1. The first-order chi connectivity index (χ1) is 14.7. The van der Waals surface area contributed by atoms with Crippen molar-refractivity contribution in [1.82, 2.24) is 20.6 Å². The summed E-state index contributed by atoms with van der Waals surface area (Å²) >= 11 is 1.45. The largest absolute Gasteiger partial charge is 0.451 e. The second kappa shape index (κ2) is 9.75. The highest BCUT2D eigenvalue weighted by molar-refractivity contribution is 7.98. The van der Waals surface area contributed by atoms with E-state index in [0.29, 0.717) is 35.3 Å². The van der Waals surface area contributed by atoms with Gasteiger partial charge in [0.15, 0.2) is 10.9 Å². The van der Waals surface area contributed by atoms with Crippen LogP contribution in [-0.4, -0.2) is 34.9 Å². The first kappa shape index (κ1) is 20.4. The van der Waals surface area contributed by atoms with E-state index < -0.39 is 0 Å². The van der Waals surface area contributed by atoms with Gasteiger partial charge in [0, 0.05) is 48.1 Å². The Morgan fingerprint density at radius 1 is 1.03 bits per heavy atom. The second-order valence-electron chi connectivity index (χ2n) is 7.25. The third kappa shape index (κ3) is 4.81. The number of rotatable bonds is 8. The van der Waals surface area contributed by atoms with Crippen LogP contribution in [0.15, 0.2) is 52.3 Å². The first-order valence-corrected chi connectivity index (χ1v) is 11.2. The van der Waals surface area contributed by atoms with E-state index in [2.05, 4.69) is 20.6 Å². The molecular formula is C22H24N4O3S. The van der Waals surface area contributed by atoms with Gasteiger partial charge in [-0.3, -0.25) is 9.59 Å². The number of nitrogens with zero attached hydrogens (tertiary/aromatic N) is 2. The minimum absolute atomic E-state index is 0.0884. The summed E-state index contributed by atoms with van der Waals surface area (Å²) in [6.07, 6.45) is 7.55. The molecule has 7 nitrogen and oxygen atoms in total. The lowest BCUT2D eigenvalue weighted by Gasteiger charge is -2.10. The number of aromatic nitrogens is 2. The van der Waals surface area contributed by atoms with Gasteiger partial charge < -0.3 is 15.1 Å². The van der Waals surface area contributed by atoms with E-state index >= 15 is 0 Å². The molecule has 2 amide bonds. The molecule has 0 bridgehead atoms. The van der Waals surface area contributed by atoms with E-state index in [1.54, 1.807) is 18.5 Å². The minimum atomic E-state index is -0.286. The van der Waals surface area contributed by atoms with E-state index in [1.165, 1.54) is 11.8 Å². The van der Waals surface area contributed by atoms with Gasteiger partial charge in [-0.1, -0.05) is 42.8 Å². The highest BCUT2D eigenvalue weighted by Gasteiger charge is 2.23. The number of thioether (sulfide) groups is 1. The average molecular weight is 425 g/mol. The van der Waals surface area contributed by atoms with Gasteiger partial charge in [-0.05, 0) is 25.0 Å². The third-order valence-electron chi connectivity index (χ3n) is 5.23. The molecule has 1 aliphatic carbocycles. The second-order valence-corrected chi connectivity index (χ2v) is 8.20. The van der Waals surface area contributed by atoms with Crippen LogP contribution >= 0.6 is 11.8 Å². The van der Waals surface area contributed by atoms with E-state index in [9.17, 15) is 9.59 Å². The molecule has 0 radical (unpaired) electrons. The van der Waals surface area contributed by atoms with Crippen molar-refractivity contribution in [3.8, 4) is 0 Å². The fourth-order valence-electron chi connectivity index (χ4n) is 3.70. The summed E-state index contributed by atoms with van der Waals surface area (Å²) in [6.45, 7) is 0.756. The number of nitrogens with one attached hydrogen (secondary N) is 2. The maximum absolute atomic E-state index is 12.8. The molecule has 1 aromatic carbocycles. The van der Waals surface area contributed by atoms with Crippen LogP contribution < -0.4 is 10.6 Å². The van der Waals surface area contributed by atoms with Crippen molar-refractivity contribution >= 4 is 34.5 Å². The number of carbonyl (C=O) groups is 2. The predicted molar refractivity (Wildman–Crippen MR) is 115 cm³/mol. The van der Waals surface area contributed by atoms with Crippen molar-refractivity contribution in [3.05, 3.63) is 54.0 Å². The molecule has 2 aromatic heterocycles. The number of para-hydroxylation sites is 1. The highest BCUT2D eigenvalue weighted by Crippen LogP contribution is 2.31. The molecular weight excluding hydrogens is 400 g/mol. The van der Waals surface area contributed by atoms with Gasteiger partial charge >= 0.3 is 0 Å². The topological polar surface area (TPSA) is 97.1 Å². The third-order valence-corrected chi connectivity index (χ3v) is 6.13. The fraction of sp³-hybridized carbons (Fsp3) is 0.364. The number of hydrogen-bond donors (Lipinski definition) is 2. The van der Waals surface area contributed by atoms with Crippen LogP contribution in [0.3, 0.4) is 0 Å². The molecule has 0 saturated heterocycles. The SMILES string of the molecule is O=C(NCCNC(=O)C1CCCC1)c1oc2ccccc2c1CSc1ncccn1. The van der Waals surface area contributed by atoms with Gasteiger partial charge in [0.05, 0.1) is 0 Å². The molecule has 0 atom stereocenters. The smallest absolute Gasteiger partial charge is 0.287 e. The first-order valence-electron chi connectivity index (χ1n) is 10.2. The zero-order chi connectivity index (χ0) is 20.8. The standard InChI is InChI=1S/C22H24N4O3S/c27-20(15-6-1-2-7-15)23-12-13-24-21(28)19-17(14-30-22-25-10-5-11-26-22)16-8-3-4-9-18(16)29-19/h3-5,8-11,15H,1-2,6-7,12-14H2,(H,23,27)(H,24,28). The Balaban J connectivity index is 1.39. The van der Waals surface area contributed by atoms with Crippen LogP contribution in [0.5, 0.6) is 0 Å². The van der Waals surface area contributed by atoms with Crippen LogP contribution in [0.1, 0.15) is 41.8 Å². The maximum Gasteiger partial charge on any atom is 0.287 e. The van der Waals surface area contributed by atoms with Crippen molar-refractivity contribution in [2.24, 2.45) is 5.92 Å². The Morgan fingerprint density at radius 2 is 1.77 bits per heavy atom. The molecule has 2 heterocycles. The van der Waals surface area contributed by atoms with Crippen LogP contribution in [0.2, 0.25) is 0 Å². The summed E-state index contributed by atoms with van der Waals surface area (Å²) in [4.78, 5) is 33.3. The van der Waals surface area contributed by atoms with Crippen LogP contribution in [-0.2, 0) is 10.5 Å². The Bertz CT molecular complexity index is 1020. The van der Waals surface area contributed by atoms with Gasteiger partial charge in [-0.25, -0.2) is 9.97 Å². The van der Waals surface area contributed by atoms with E-state index in [4.69, 9.17) is 4.42 Å². The normalized spacial score (nSPS) is 14.1. The minimum Gasteiger partial charge on any atom is -0.451 e. The Kier molecular flexibility index (Phi) is 6.63. The predicted octanol–water partition coefficient (Wildman–Crippen LogP) is 3.55. The quantitative estimate of drug-likeness (QED) is 0.326. The zero-order valence-corrected chi connectivity index (χ0v) is 17.4. The summed E-state index contributed by atoms with van der Waals surface area (Å²) in [7, 11) is 0. The number of furan rings is 1. The lowest BCUT2D eigenvalue weighted by Crippen LogP contribution is -2.37. The number of fused-ring (bicyclic) bond motifs is 1. The van der Waals surface area contributed by atoms with Gasteiger partial charge in [0.25, 0.3) is 5.91 Å². The summed E-state index contributed by atoms with van der Waals surface area (Å²) < 4.78 is 5.86. The molecule has 1 saturated carbocycles. The lowest BCUT2D eigenvalue weighted by atomic mass is 10.1. The Hall–Kier alpha value is -2.87. The van der Waals surface area contributed by atoms with E-state index in [0.717, 1.165) is 36.6 Å². The summed E-state index contributed by atoms with van der Waals surface area (Å²) in [5.41, 5.74) is 1.48. The Morgan fingerprint density at radius 3 is 2.57 bits per heavy atom. The zero-order valence-electron chi connectivity index (χ0n) is 16.6. The number of hydrogen-bond acceptors (Lipinski definition) is 6. The fourth-order valence-corrected chi connectivity index (χ4v) is 4.53. The molecule has 2 N–H and O–H groups in total. The highest BCUT2D eigenvalue weighted by atomic mass is 32.2. The molecule has 3 aromatic rings. The molecule has 30 heavy (non-hydrogen) atoms. The molecule has 0 spiro atoms. The molecule has 8 heteroatoms. The number of carbonyl (C=O) groups excluding carboxylic acids is 2. The molecule has 4 rings (SSSR count). The van der Waals surface area contributed by atoms with Crippen LogP contribution in [0, 0.1) is 5.92 Å². The van der Waals surface area contributed by atoms with Gasteiger partial charge in [-0.2, -0.15) is 0 Å². The number of amides is 2. The Labute approximate surface area is 179 Å². The molecule has 1 aliphatic rings. The lowest BCUT2D eigenvalue weighted by molar-refractivity contribution is -0.124. The molecule has 0 unspecified atom stereocenters. The van der Waals surface area contributed by atoms with Gasteiger partial charge in [0.2, 0.25) is 5.91 Å². The van der Waals surface area contributed by atoms with Crippen molar-refractivity contribution in [1.29, 1.82) is 0 Å². The van der Waals surface area contributed by atoms with Crippen LogP contribution in [0.4, 0.5) is 0 Å². The summed E-state index contributed by atoms with van der Waals surface area (Å²) in [6, 6.07) is 9.36. The van der Waals surface area contributed by atoms with Crippen molar-refractivity contribution in [2.45, 2.75) is 36.6 Å². The van der Waals surface area contributed by atoms with Crippen molar-refractivity contribution in [3.63, 3.8) is 0 Å². The van der Waals surface area contributed by atoms with Crippen molar-refractivity contribution < 1.29 is 14.0 Å². The van der Waals surface area contributed by atoms with E-state index in [1.807, 2.05) is 24.3 Å². The summed E-state index contributed by atoms with van der Waals surface area (Å²) in [5.74, 6) is 0.736. The van der Waals surface area contributed by atoms with Gasteiger partial charge in [-0.15, -0.1) is 0 Å².